The Balaban J connectivity index is 2.55. The van der Waals surface area contributed by atoms with Crippen LogP contribution < -0.4 is 0 Å². The molecule has 1 aliphatic carbocycles. The second kappa shape index (κ2) is 3.59. The van der Waals surface area contributed by atoms with Crippen LogP contribution in [0.4, 0.5) is 0 Å². The molecule has 1 aliphatic rings. The number of sulfone groups is 1. The molecule has 86 valence electrons. The van der Waals surface area contributed by atoms with Gasteiger partial charge in [-0.15, -0.1) is 0 Å². The molecule has 5 heteroatoms. The molecule has 0 bridgehead atoms. The predicted molar refractivity (Wildman–Crippen MR) is 57.9 cm³/mol. The molecule has 1 N–H and O–H groups in total. The van der Waals surface area contributed by atoms with Gasteiger partial charge in [-0.1, -0.05) is 12.1 Å². The van der Waals surface area contributed by atoms with Crippen molar-refractivity contribution in [1.82, 2.24) is 0 Å². The van der Waals surface area contributed by atoms with Gasteiger partial charge in [0.1, 0.15) is 21.7 Å². The molecule has 0 aromatic heterocycles. The van der Waals surface area contributed by atoms with E-state index in [9.17, 15) is 18.3 Å². The fourth-order valence-corrected chi connectivity index (χ4v) is 3.87. The Morgan fingerprint density at radius 3 is 2.31 bits per heavy atom. The van der Waals surface area contributed by atoms with E-state index in [0.717, 1.165) is 6.42 Å². The van der Waals surface area contributed by atoms with Gasteiger partial charge in [-0.3, -0.25) is 0 Å². The maximum absolute atomic E-state index is 12.2. The highest BCUT2D eigenvalue weighted by Crippen LogP contribution is 2.43. The molecule has 0 radical (unpaired) electrons. The summed E-state index contributed by atoms with van der Waals surface area (Å²) < 4.78 is 23.1. The van der Waals surface area contributed by atoms with E-state index in [2.05, 4.69) is 0 Å². The minimum absolute atomic E-state index is 0.151. The van der Waals surface area contributed by atoms with Crippen molar-refractivity contribution in [3.8, 4) is 5.75 Å². The monoisotopic (exact) mass is 240 g/mol. The quantitative estimate of drug-likeness (QED) is 0.808. The molecule has 0 saturated heterocycles. The third-order valence-electron chi connectivity index (χ3n) is 3.10. The Hall–Kier alpha value is -1.36. The standard InChI is InChI=1S/C11H12O4S/c12-8-11(6-3-7-11)16(14,15)10-5-2-1-4-9(10)13/h1-2,4-5,8,13H,3,6-7H2. The molecule has 16 heavy (non-hydrogen) atoms. The molecule has 1 aromatic carbocycles. The minimum Gasteiger partial charge on any atom is -0.507 e. The van der Waals surface area contributed by atoms with Crippen LogP contribution in [0.15, 0.2) is 29.2 Å². The van der Waals surface area contributed by atoms with Crippen molar-refractivity contribution in [3.05, 3.63) is 24.3 Å². The van der Waals surface area contributed by atoms with Gasteiger partial charge in [-0.05, 0) is 31.4 Å². The third-order valence-corrected chi connectivity index (χ3v) is 5.60. The zero-order valence-corrected chi connectivity index (χ0v) is 9.40. The van der Waals surface area contributed by atoms with Crippen LogP contribution in [-0.2, 0) is 14.6 Å². The summed E-state index contributed by atoms with van der Waals surface area (Å²) >= 11 is 0. The number of carbonyl (C=O) groups excluding carboxylic acids is 1. The third kappa shape index (κ3) is 1.35. The van der Waals surface area contributed by atoms with E-state index < -0.39 is 14.6 Å². The first-order chi connectivity index (χ1) is 7.53. The van der Waals surface area contributed by atoms with Crippen LogP contribution >= 0.6 is 0 Å². The van der Waals surface area contributed by atoms with E-state index in [1.807, 2.05) is 0 Å². The zero-order chi connectivity index (χ0) is 11.8. The van der Waals surface area contributed by atoms with Gasteiger partial charge in [0.15, 0.2) is 9.84 Å². The van der Waals surface area contributed by atoms with E-state index >= 15 is 0 Å². The lowest BCUT2D eigenvalue weighted by molar-refractivity contribution is -0.111. The Morgan fingerprint density at radius 1 is 1.25 bits per heavy atom. The average molecular weight is 240 g/mol. The highest BCUT2D eigenvalue weighted by atomic mass is 32.2. The molecule has 2 rings (SSSR count). The first-order valence-electron chi connectivity index (χ1n) is 5.02. The normalized spacial score (nSPS) is 18.8. The number of aldehydes is 1. The summed E-state index contributed by atoms with van der Waals surface area (Å²) in [6.07, 6.45) is 1.91. The number of aromatic hydroxyl groups is 1. The van der Waals surface area contributed by atoms with Crippen molar-refractivity contribution in [2.45, 2.75) is 28.9 Å². The molecule has 0 unspecified atom stereocenters. The molecule has 1 aromatic rings. The second-order valence-electron chi connectivity index (χ2n) is 4.01. The summed E-state index contributed by atoms with van der Waals surface area (Å²) in [6.45, 7) is 0. The van der Waals surface area contributed by atoms with Gasteiger partial charge in [0, 0.05) is 0 Å². The van der Waals surface area contributed by atoms with Crippen molar-refractivity contribution in [2.75, 3.05) is 0 Å². The van der Waals surface area contributed by atoms with Crippen LogP contribution in [0.5, 0.6) is 5.75 Å². The lowest BCUT2D eigenvalue weighted by atomic mass is 9.86. The summed E-state index contributed by atoms with van der Waals surface area (Å²) in [5.74, 6) is -0.296. The van der Waals surface area contributed by atoms with Gasteiger partial charge in [0.05, 0.1) is 0 Å². The predicted octanol–water partition coefficient (Wildman–Crippen LogP) is 1.29. The highest BCUT2D eigenvalue weighted by molar-refractivity contribution is 7.93. The average Bonchev–Trinajstić information content (AvgIpc) is 2.16. The number of hydrogen-bond donors (Lipinski definition) is 1. The maximum Gasteiger partial charge on any atom is 0.194 e. The second-order valence-corrected chi connectivity index (χ2v) is 6.27. The minimum atomic E-state index is -3.76. The van der Waals surface area contributed by atoms with E-state index in [0.29, 0.717) is 19.1 Å². The van der Waals surface area contributed by atoms with Gasteiger partial charge in [0.2, 0.25) is 0 Å². The van der Waals surface area contributed by atoms with E-state index in [4.69, 9.17) is 0 Å². The fraction of sp³-hybridized carbons (Fsp3) is 0.364. The number of rotatable bonds is 3. The van der Waals surface area contributed by atoms with E-state index in [1.165, 1.54) is 18.2 Å². The summed E-state index contributed by atoms with van der Waals surface area (Å²) in [7, 11) is -3.76. The summed E-state index contributed by atoms with van der Waals surface area (Å²) in [5.41, 5.74) is 0. The van der Waals surface area contributed by atoms with Crippen LogP contribution in [0.2, 0.25) is 0 Å². The van der Waals surface area contributed by atoms with Gasteiger partial charge >= 0.3 is 0 Å². The molecule has 0 aliphatic heterocycles. The fourth-order valence-electron chi connectivity index (χ4n) is 1.88. The number of para-hydroxylation sites is 1. The first-order valence-corrected chi connectivity index (χ1v) is 6.51. The first kappa shape index (κ1) is 11.1. The Bertz CT molecular complexity index is 515. The number of hydrogen-bond acceptors (Lipinski definition) is 4. The van der Waals surface area contributed by atoms with Crippen LogP contribution in [0.25, 0.3) is 0 Å². The highest BCUT2D eigenvalue weighted by Gasteiger charge is 2.50. The summed E-state index contributed by atoms with van der Waals surface area (Å²) in [5, 5.41) is 9.53. The molecule has 1 fully saturated rings. The molecule has 0 atom stereocenters. The van der Waals surface area contributed by atoms with Gasteiger partial charge in [0.25, 0.3) is 0 Å². The molecule has 0 heterocycles. The van der Waals surface area contributed by atoms with Gasteiger partial charge in [-0.2, -0.15) is 0 Å². The molecule has 1 saturated carbocycles. The summed E-state index contributed by atoms with van der Waals surface area (Å²) in [6, 6.07) is 5.71. The smallest absolute Gasteiger partial charge is 0.194 e. The Labute approximate surface area is 93.8 Å². The van der Waals surface area contributed by atoms with Crippen LogP contribution in [0, 0.1) is 0 Å². The Kier molecular flexibility index (Phi) is 2.50. The van der Waals surface area contributed by atoms with Crippen LogP contribution in [-0.4, -0.2) is 24.6 Å². The summed E-state index contributed by atoms with van der Waals surface area (Å²) in [4.78, 5) is 10.8. The zero-order valence-electron chi connectivity index (χ0n) is 8.59. The largest absolute Gasteiger partial charge is 0.507 e. The topological polar surface area (TPSA) is 71.4 Å². The molecular weight excluding hydrogens is 228 g/mol. The van der Waals surface area contributed by atoms with Crippen LogP contribution in [0.3, 0.4) is 0 Å². The maximum atomic E-state index is 12.2. The lowest BCUT2D eigenvalue weighted by Gasteiger charge is -2.35. The lowest BCUT2D eigenvalue weighted by Crippen LogP contribution is -2.46. The van der Waals surface area contributed by atoms with Crippen molar-refractivity contribution >= 4 is 16.1 Å². The number of carbonyl (C=O) groups is 1. The number of phenols is 1. The van der Waals surface area contributed by atoms with Gasteiger partial charge in [-0.25, -0.2) is 8.42 Å². The van der Waals surface area contributed by atoms with Crippen molar-refractivity contribution in [2.24, 2.45) is 0 Å². The van der Waals surface area contributed by atoms with Crippen molar-refractivity contribution < 1.29 is 18.3 Å². The number of phenolic OH excluding ortho intramolecular Hbond substituents is 1. The molecular formula is C11H12O4S. The Morgan fingerprint density at radius 2 is 1.88 bits per heavy atom. The van der Waals surface area contributed by atoms with Crippen LogP contribution in [0.1, 0.15) is 19.3 Å². The number of benzene rings is 1. The SMILES string of the molecule is O=CC1(S(=O)(=O)c2ccccc2O)CCC1. The van der Waals surface area contributed by atoms with E-state index in [1.54, 1.807) is 6.07 Å². The molecule has 0 amide bonds. The van der Waals surface area contributed by atoms with Crippen molar-refractivity contribution in [3.63, 3.8) is 0 Å². The van der Waals surface area contributed by atoms with Crippen molar-refractivity contribution in [1.29, 1.82) is 0 Å². The molecule has 4 nitrogen and oxygen atoms in total. The van der Waals surface area contributed by atoms with Gasteiger partial charge < -0.3 is 9.90 Å². The molecule has 0 spiro atoms. The van der Waals surface area contributed by atoms with E-state index in [-0.39, 0.29) is 10.6 Å².